The standard InChI is InChI=1S/C14H21NO5/c1-18-11-6-4-5-9-15(10-12(11)19-2)13(16)7-8-14(17)20-3/h11-12H,5,7-10H2,1-3H3/t11-,12-/m0/s1. The molecule has 0 aromatic carbocycles. The number of nitrogens with zero attached hydrogens (tertiary/aromatic N) is 1. The van der Waals surface area contributed by atoms with Crippen LogP contribution in [0, 0.1) is 11.8 Å². The van der Waals surface area contributed by atoms with E-state index >= 15 is 0 Å². The van der Waals surface area contributed by atoms with Crippen LogP contribution in [0.4, 0.5) is 0 Å². The number of ether oxygens (including phenoxy) is 3. The Kier molecular flexibility index (Phi) is 7.05. The van der Waals surface area contributed by atoms with Crippen molar-refractivity contribution in [2.24, 2.45) is 0 Å². The molecule has 20 heavy (non-hydrogen) atoms. The van der Waals surface area contributed by atoms with E-state index in [1.807, 2.05) is 0 Å². The van der Waals surface area contributed by atoms with Gasteiger partial charge in [-0.05, 0) is 0 Å². The third kappa shape index (κ3) is 4.83. The first-order valence-corrected chi connectivity index (χ1v) is 6.51. The Morgan fingerprint density at radius 2 is 1.95 bits per heavy atom. The maximum atomic E-state index is 12.1. The van der Waals surface area contributed by atoms with Crippen LogP contribution in [0.3, 0.4) is 0 Å². The Labute approximate surface area is 119 Å². The summed E-state index contributed by atoms with van der Waals surface area (Å²) in [5.74, 6) is 5.47. The minimum absolute atomic E-state index is 0.0862. The Balaban J connectivity index is 2.63. The maximum absolute atomic E-state index is 12.1. The average molecular weight is 283 g/mol. The Morgan fingerprint density at radius 1 is 1.20 bits per heavy atom. The monoisotopic (exact) mass is 283 g/mol. The first-order valence-electron chi connectivity index (χ1n) is 6.51. The van der Waals surface area contributed by atoms with Crippen molar-refractivity contribution in [3.05, 3.63) is 0 Å². The summed E-state index contributed by atoms with van der Waals surface area (Å²) in [7, 11) is 4.44. The van der Waals surface area contributed by atoms with Gasteiger partial charge in [-0.25, -0.2) is 0 Å². The van der Waals surface area contributed by atoms with E-state index in [1.165, 1.54) is 7.11 Å². The van der Waals surface area contributed by atoms with E-state index in [0.29, 0.717) is 19.5 Å². The van der Waals surface area contributed by atoms with Crippen LogP contribution in [0.1, 0.15) is 19.3 Å². The third-order valence-corrected chi connectivity index (χ3v) is 3.17. The molecule has 1 rings (SSSR count). The van der Waals surface area contributed by atoms with Gasteiger partial charge in [0.05, 0.1) is 20.1 Å². The molecule has 0 aliphatic carbocycles. The highest BCUT2D eigenvalue weighted by atomic mass is 16.5. The van der Waals surface area contributed by atoms with Gasteiger partial charge in [-0.15, -0.1) is 0 Å². The van der Waals surface area contributed by atoms with Crippen LogP contribution in [0.2, 0.25) is 0 Å². The molecule has 0 bridgehead atoms. The summed E-state index contributed by atoms with van der Waals surface area (Å²) >= 11 is 0. The van der Waals surface area contributed by atoms with E-state index in [0.717, 1.165) is 0 Å². The van der Waals surface area contributed by atoms with Gasteiger partial charge in [-0.1, -0.05) is 11.8 Å². The molecule has 0 aromatic rings. The number of hydrogen-bond donors (Lipinski definition) is 0. The number of esters is 1. The molecule has 1 aliphatic heterocycles. The molecule has 6 nitrogen and oxygen atoms in total. The Hall–Kier alpha value is -1.58. The minimum atomic E-state index is -0.386. The van der Waals surface area contributed by atoms with Crippen molar-refractivity contribution in [2.75, 3.05) is 34.4 Å². The molecule has 0 unspecified atom stereocenters. The lowest BCUT2D eigenvalue weighted by Crippen LogP contribution is -2.44. The predicted molar refractivity (Wildman–Crippen MR) is 71.8 cm³/mol. The van der Waals surface area contributed by atoms with Gasteiger partial charge >= 0.3 is 5.97 Å². The molecular formula is C14H21NO5. The molecule has 0 saturated carbocycles. The summed E-state index contributed by atoms with van der Waals surface area (Å²) in [5.41, 5.74) is 0. The largest absolute Gasteiger partial charge is 0.469 e. The second kappa shape index (κ2) is 8.56. The highest BCUT2D eigenvalue weighted by Gasteiger charge is 2.26. The van der Waals surface area contributed by atoms with Gasteiger partial charge in [0.2, 0.25) is 5.91 Å². The highest BCUT2D eigenvalue weighted by molar-refractivity contribution is 5.81. The highest BCUT2D eigenvalue weighted by Crippen LogP contribution is 2.10. The van der Waals surface area contributed by atoms with E-state index in [4.69, 9.17) is 9.47 Å². The van der Waals surface area contributed by atoms with Crippen LogP contribution in [-0.2, 0) is 23.8 Å². The second-order valence-corrected chi connectivity index (χ2v) is 4.42. The molecule has 0 fully saturated rings. The molecule has 112 valence electrons. The fourth-order valence-corrected chi connectivity index (χ4v) is 1.97. The number of methoxy groups -OCH3 is 3. The molecule has 0 radical (unpaired) electrons. The van der Waals surface area contributed by atoms with Crippen LogP contribution in [0.15, 0.2) is 0 Å². The number of carbonyl (C=O) groups excluding carboxylic acids is 2. The van der Waals surface area contributed by atoms with Crippen molar-refractivity contribution < 1.29 is 23.8 Å². The fourth-order valence-electron chi connectivity index (χ4n) is 1.97. The molecule has 2 atom stereocenters. The van der Waals surface area contributed by atoms with E-state index < -0.39 is 0 Å². The van der Waals surface area contributed by atoms with Crippen LogP contribution >= 0.6 is 0 Å². The van der Waals surface area contributed by atoms with E-state index in [1.54, 1.807) is 19.1 Å². The molecule has 0 saturated heterocycles. The topological polar surface area (TPSA) is 65.1 Å². The van der Waals surface area contributed by atoms with Crippen molar-refractivity contribution in [2.45, 2.75) is 31.5 Å². The molecule has 0 aromatic heterocycles. The van der Waals surface area contributed by atoms with Crippen molar-refractivity contribution in [1.82, 2.24) is 4.90 Å². The van der Waals surface area contributed by atoms with Crippen LogP contribution < -0.4 is 0 Å². The molecule has 1 amide bonds. The lowest BCUT2D eigenvalue weighted by molar-refractivity contribution is -0.144. The summed E-state index contributed by atoms with van der Waals surface area (Å²) in [5, 5.41) is 0. The Bertz CT molecular complexity index is 398. The van der Waals surface area contributed by atoms with Crippen LogP contribution in [0.25, 0.3) is 0 Å². The van der Waals surface area contributed by atoms with Crippen molar-refractivity contribution in [1.29, 1.82) is 0 Å². The number of amides is 1. The van der Waals surface area contributed by atoms with Crippen LogP contribution in [-0.4, -0.2) is 63.4 Å². The molecular weight excluding hydrogens is 262 g/mol. The zero-order chi connectivity index (χ0) is 15.0. The number of carbonyl (C=O) groups is 2. The van der Waals surface area contributed by atoms with Gasteiger partial charge in [-0.2, -0.15) is 0 Å². The summed E-state index contributed by atoms with van der Waals surface area (Å²) < 4.78 is 15.1. The smallest absolute Gasteiger partial charge is 0.306 e. The number of hydrogen-bond acceptors (Lipinski definition) is 5. The maximum Gasteiger partial charge on any atom is 0.306 e. The Morgan fingerprint density at radius 3 is 2.55 bits per heavy atom. The first kappa shape index (κ1) is 16.5. The minimum Gasteiger partial charge on any atom is -0.469 e. The molecule has 0 N–H and O–H groups in total. The lowest BCUT2D eigenvalue weighted by Gasteiger charge is -2.30. The van der Waals surface area contributed by atoms with Gasteiger partial charge in [0.25, 0.3) is 0 Å². The third-order valence-electron chi connectivity index (χ3n) is 3.17. The summed E-state index contributed by atoms with van der Waals surface area (Å²) in [6.07, 6.45) is 0.156. The van der Waals surface area contributed by atoms with Gasteiger partial charge in [0.1, 0.15) is 12.2 Å². The summed E-state index contributed by atoms with van der Waals surface area (Å²) in [6, 6.07) is 0. The fraction of sp³-hybridized carbons (Fsp3) is 0.714. The van der Waals surface area contributed by atoms with Crippen molar-refractivity contribution in [3.8, 4) is 11.8 Å². The average Bonchev–Trinajstić information content (AvgIpc) is 2.44. The van der Waals surface area contributed by atoms with E-state index in [-0.39, 0.29) is 36.9 Å². The van der Waals surface area contributed by atoms with E-state index in [9.17, 15) is 9.59 Å². The lowest BCUT2D eigenvalue weighted by atomic mass is 10.1. The van der Waals surface area contributed by atoms with Gasteiger partial charge in [0.15, 0.2) is 0 Å². The van der Waals surface area contributed by atoms with Crippen molar-refractivity contribution in [3.63, 3.8) is 0 Å². The number of rotatable bonds is 5. The predicted octanol–water partition coefficient (Wildman–Crippen LogP) is 0.205. The molecule has 1 aliphatic rings. The van der Waals surface area contributed by atoms with Gasteiger partial charge in [-0.3, -0.25) is 9.59 Å². The van der Waals surface area contributed by atoms with Gasteiger partial charge < -0.3 is 19.1 Å². The molecule has 0 spiro atoms. The normalized spacial score (nSPS) is 22.2. The van der Waals surface area contributed by atoms with Crippen molar-refractivity contribution >= 4 is 11.9 Å². The first-order chi connectivity index (χ1) is 9.62. The van der Waals surface area contributed by atoms with Gasteiger partial charge in [0, 0.05) is 33.6 Å². The SMILES string of the molecule is COC(=O)CCC(=O)N1CCC#C[C@H](OC)[C@@H](OC)C1. The molecule has 1 heterocycles. The summed E-state index contributed by atoms with van der Waals surface area (Å²) in [6.45, 7) is 0.937. The zero-order valence-electron chi connectivity index (χ0n) is 12.2. The molecule has 6 heteroatoms. The van der Waals surface area contributed by atoms with Crippen LogP contribution in [0.5, 0.6) is 0 Å². The van der Waals surface area contributed by atoms with E-state index in [2.05, 4.69) is 16.6 Å². The summed E-state index contributed by atoms with van der Waals surface area (Å²) in [4.78, 5) is 24.9. The second-order valence-electron chi connectivity index (χ2n) is 4.42. The quantitative estimate of drug-likeness (QED) is 0.533. The zero-order valence-corrected chi connectivity index (χ0v) is 12.2.